The number of hydrogen-bond donors (Lipinski definition) is 1. The van der Waals surface area contributed by atoms with Crippen LogP contribution in [0.3, 0.4) is 0 Å². The quantitative estimate of drug-likeness (QED) is 0.688. The molecule has 0 saturated heterocycles. The van der Waals surface area contributed by atoms with E-state index in [-0.39, 0.29) is 13.2 Å². The van der Waals surface area contributed by atoms with E-state index in [4.69, 9.17) is 4.74 Å². The van der Waals surface area contributed by atoms with E-state index >= 15 is 0 Å². The molecule has 0 heterocycles. The van der Waals surface area contributed by atoms with Gasteiger partial charge in [-0.3, -0.25) is 0 Å². The lowest BCUT2D eigenvalue weighted by Gasteiger charge is -2.13. The molecule has 1 N–H and O–H groups in total. The molecule has 0 aliphatic heterocycles. The Morgan fingerprint density at radius 1 is 1.19 bits per heavy atom. The number of alkyl halides is 3. The highest BCUT2D eigenvalue weighted by atomic mass is 19.4. The first-order valence-corrected chi connectivity index (χ1v) is 7.36. The Labute approximate surface area is 124 Å². The Hall–Kier alpha value is -1.07. The highest BCUT2D eigenvalue weighted by Gasteiger charge is 2.26. The van der Waals surface area contributed by atoms with Crippen LogP contribution in [0.25, 0.3) is 0 Å². The molecule has 0 saturated carbocycles. The van der Waals surface area contributed by atoms with E-state index in [0.29, 0.717) is 5.92 Å². The van der Waals surface area contributed by atoms with Crippen LogP contribution < -0.4 is 5.32 Å². The average Bonchev–Trinajstić information content (AvgIpc) is 2.43. The third kappa shape index (κ3) is 8.07. The minimum atomic E-state index is -4.15. The van der Waals surface area contributed by atoms with Crippen molar-refractivity contribution in [3.63, 3.8) is 0 Å². The van der Waals surface area contributed by atoms with Crippen LogP contribution in [0.4, 0.5) is 13.2 Å². The summed E-state index contributed by atoms with van der Waals surface area (Å²) in [5, 5.41) is 3.37. The molecular weight excluding hydrogens is 279 g/mol. The second-order valence-electron chi connectivity index (χ2n) is 5.26. The summed E-state index contributed by atoms with van der Waals surface area (Å²) in [6.07, 6.45) is -3.93. The van der Waals surface area contributed by atoms with Gasteiger partial charge in [-0.15, -0.1) is 0 Å². The fourth-order valence-electron chi connectivity index (χ4n) is 1.93. The molecule has 0 amide bonds. The molecule has 1 atom stereocenters. The summed E-state index contributed by atoms with van der Waals surface area (Å²) in [4.78, 5) is 0. The predicted molar refractivity (Wildman–Crippen MR) is 78.3 cm³/mol. The van der Waals surface area contributed by atoms with E-state index in [1.807, 2.05) is 24.3 Å². The Bertz CT molecular complexity index is 390. The summed E-state index contributed by atoms with van der Waals surface area (Å²) in [6, 6.07) is 7.86. The summed E-state index contributed by atoms with van der Waals surface area (Å²) in [7, 11) is 0. The van der Waals surface area contributed by atoms with Crippen molar-refractivity contribution in [3.05, 3.63) is 35.4 Å². The van der Waals surface area contributed by atoms with Crippen molar-refractivity contribution in [1.29, 1.82) is 0 Å². The molecule has 5 heteroatoms. The first-order valence-electron chi connectivity index (χ1n) is 7.36. The molecule has 1 unspecified atom stereocenters. The fraction of sp³-hybridized carbons (Fsp3) is 0.625. The number of halogens is 3. The molecule has 0 fully saturated rings. The minimum Gasteiger partial charge on any atom is -0.376 e. The van der Waals surface area contributed by atoms with E-state index < -0.39 is 12.6 Å². The largest absolute Gasteiger partial charge is 0.391 e. The van der Waals surface area contributed by atoms with Gasteiger partial charge in [0.25, 0.3) is 0 Å². The van der Waals surface area contributed by atoms with Gasteiger partial charge in [0, 0.05) is 6.54 Å². The summed E-state index contributed by atoms with van der Waals surface area (Å²) in [6.45, 7) is 6.15. The average molecular weight is 303 g/mol. The molecular formula is C16H24F3NO. The topological polar surface area (TPSA) is 21.3 Å². The Kier molecular flexibility index (Phi) is 7.75. The number of nitrogens with one attached hydrogen (secondary N) is 1. The normalized spacial score (nSPS) is 13.4. The summed E-state index contributed by atoms with van der Waals surface area (Å²) < 4.78 is 40.9. The van der Waals surface area contributed by atoms with Gasteiger partial charge in [0.15, 0.2) is 0 Å². The van der Waals surface area contributed by atoms with Crippen molar-refractivity contribution in [2.45, 2.75) is 45.4 Å². The van der Waals surface area contributed by atoms with Crippen molar-refractivity contribution < 1.29 is 17.9 Å². The van der Waals surface area contributed by atoms with Gasteiger partial charge < -0.3 is 10.1 Å². The second kappa shape index (κ2) is 9.05. The Morgan fingerprint density at radius 2 is 1.86 bits per heavy atom. The summed E-state index contributed by atoms with van der Waals surface area (Å²) in [5.41, 5.74) is 2.12. The van der Waals surface area contributed by atoms with Crippen molar-refractivity contribution in [2.24, 2.45) is 0 Å². The van der Waals surface area contributed by atoms with Gasteiger partial charge in [0.05, 0.1) is 19.6 Å². The highest BCUT2D eigenvalue weighted by molar-refractivity contribution is 5.24. The molecule has 0 spiro atoms. The van der Waals surface area contributed by atoms with Crippen LogP contribution in [0.15, 0.2) is 24.3 Å². The van der Waals surface area contributed by atoms with Crippen molar-refractivity contribution in [3.8, 4) is 0 Å². The van der Waals surface area contributed by atoms with E-state index in [2.05, 4.69) is 19.2 Å². The molecule has 21 heavy (non-hydrogen) atoms. The van der Waals surface area contributed by atoms with Crippen LogP contribution >= 0.6 is 0 Å². The van der Waals surface area contributed by atoms with Crippen LogP contribution in [0.1, 0.15) is 43.7 Å². The number of hydrogen-bond acceptors (Lipinski definition) is 2. The monoisotopic (exact) mass is 303 g/mol. The van der Waals surface area contributed by atoms with Crippen LogP contribution in [0, 0.1) is 0 Å². The standard InChI is InChI=1S/C16H24F3NO/c1-3-9-20-11-13(2)15-6-4-14(5-7-15)12-21-10-8-16(17,18)19/h4-7,13,20H,3,8-12H2,1-2H3. The summed E-state index contributed by atoms with van der Waals surface area (Å²) >= 11 is 0. The predicted octanol–water partition coefficient (Wildman–Crippen LogP) is 4.26. The zero-order chi connectivity index (χ0) is 15.7. The zero-order valence-electron chi connectivity index (χ0n) is 12.7. The van der Waals surface area contributed by atoms with Crippen LogP contribution in [0.5, 0.6) is 0 Å². The van der Waals surface area contributed by atoms with Gasteiger partial charge in [-0.1, -0.05) is 38.1 Å². The van der Waals surface area contributed by atoms with E-state index in [9.17, 15) is 13.2 Å². The van der Waals surface area contributed by atoms with Gasteiger partial charge >= 0.3 is 6.18 Å². The molecule has 1 rings (SSSR count). The van der Waals surface area contributed by atoms with Gasteiger partial charge in [-0.25, -0.2) is 0 Å². The number of ether oxygens (including phenoxy) is 1. The maximum atomic E-state index is 12.0. The minimum absolute atomic E-state index is 0.221. The van der Waals surface area contributed by atoms with E-state index in [1.54, 1.807) is 0 Å². The summed E-state index contributed by atoms with van der Waals surface area (Å²) in [5.74, 6) is 0.414. The highest BCUT2D eigenvalue weighted by Crippen LogP contribution is 2.20. The zero-order valence-corrected chi connectivity index (χ0v) is 12.7. The third-order valence-electron chi connectivity index (χ3n) is 3.22. The second-order valence-corrected chi connectivity index (χ2v) is 5.26. The van der Waals surface area contributed by atoms with E-state index in [1.165, 1.54) is 5.56 Å². The smallest absolute Gasteiger partial charge is 0.376 e. The number of benzene rings is 1. The lowest BCUT2D eigenvalue weighted by Crippen LogP contribution is -2.20. The van der Waals surface area contributed by atoms with Gasteiger partial charge in [0.2, 0.25) is 0 Å². The number of rotatable bonds is 9. The SMILES string of the molecule is CCCNCC(C)c1ccc(COCCC(F)(F)F)cc1. The Balaban J connectivity index is 2.33. The van der Waals surface area contributed by atoms with Gasteiger partial charge in [-0.2, -0.15) is 13.2 Å². The fourth-order valence-corrected chi connectivity index (χ4v) is 1.93. The van der Waals surface area contributed by atoms with E-state index in [0.717, 1.165) is 25.1 Å². The molecule has 0 aliphatic carbocycles. The van der Waals surface area contributed by atoms with Crippen molar-refractivity contribution >= 4 is 0 Å². The molecule has 120 valence electrons. The van der Waals surface area contributed by atoms with Crippen LogP contribution in [-0.4, -0.2) is 25.9 Å². The molecule has 0 radical (unpaired) electrons. The first-order chi connectivity index (χ1) is 9.92. The maximum Gasteiger partial charge on any atom is 0.391 e. The molecule has 1 aromatic rings. The van der Waals surface area contributed by atoms with Crippen molar-refractivity contribution in [2.75, 3.05) is 19.7 Å². The van der Waals surface area contributed by atoms with Gasteiger partial charge in [0.1, 0.15) is 0 Å². The molecule has 0 aliphatic rings. The van der Waals surface area contributed by atoms with Crippen molar-refractivity contribution in [1.82, 2.24) is 5.32 Å². The van der Waals surface area contributed by atoms with Gasteiger partial charge in [-0.05, 0) is 30.0 Å². The Morgan fingerprint density at radius 3 is 2.43 bits per heavy atom. The lowest BCUT2D eigenvalue weighted by atomic mass is 10.00. The first kappa shape index (κ1) is 18.0. The molecule has 0 bridgehead atoms. The van der Waals surface area contributed by atoms with Crippen LogP contribution in [0.2, 0.25) is 0 Å². The molecule has 2 nitrogen and oxygen atoms in total. The molecule has 0 aromatic heterocycles. The van der Waals surface area contributed by atoms with Crippen LogP contribution in [-0.2, 0) is 11.3 Å². The maximum absolute atomic E-state index is 12.0. The molecule has 1 aromatic carbocycles. The lowest BCUT2D eigenvalue weighted by molar-refractivity contribution is -0.146. The third-order valence-corrected chi connectivity index (χ3v) is 3.22.